The van der Waals surface area contributed by atoms with E-state index in [9.17, 15) is 5.11 Å². The van der Waals surface area contributed by atoms with Crippen LogP contribution in [0.1, 0.15) is 47.5 Å². The van der Waals surface area contributed by atoms with Crippen LogP contribution >= 0.6 is 0 Å². The molecule has 0 amide bonds. The molecule has 0 radical (unpaired) electrons. The van der Waals surface area contributed by atoms with E-state index < -0.39 is 0 Å². The molecule has 4 heteroatoms. The highest BCUT2D eigenvalue weighted by atomic mass is 16.3. The largest absolute Gasteiger partial charge is 0.396 e. The third-order valence-electron chi connectivity index (χ3n) is 4.56. The molecule has 0 bridgehead atoms. The molecule has 0 saturated carbocycles. The van der Waals surface area contributed by atoms with Gasteiger partial charge in [0, 0.05) is 43.5 Å². The van der Waals surface area contributed by atoms with Crippen molar-refractivity contribution in [3.05, 3.63) is 18.7 Å². The van der Waals surface area contributed by atoms with E-state index >= 15 is 0 Å². The van der Waals surface area contributed by atoms with Crippen LogP contribution in [-0.4, -0.2) is 33.9 Å². The SMILES string of the molecule is CCC(CC)(CO)CNC(Cn1ccnc1)C(C)(C)C. The summed E-state index contributed by atoms with van der Waals surface area (Å²) < 4.78 is 2.11. The first-order chi connectivity index (χ1) is 9.37. The van der Waals surface area contributed by atoms with Crippen LogP contribution in [0.4, 0.5) is 0 Å². The number of hydrogen-bond acceptors (Lipinski definition) is 3. The molecule has 0 fully saturated rings. The Labute approximate surface area is 123 Å². The van der Waals surface area contributed by atoms with Crippen molar-refractivity contribution in [3.8, 4) is 0 Å². The Balaban J connectivity index is 2.71. The molecule has 0 aliphatic carbocycles. The summed E-state index contributed by atoms with van der Waals surface area (Å²) in [6.45, 7) is 13.1. The quantitative estimate of drug-likeness (QED) is 0.770. The first kappa shape index (κ1) is 17.2. The van der Waals surface area contributed by atoms with E-state index in [0.29, 0.717) is 6.04 Å². The van der Waals surface area contributed by atoms with Crippen LogP contribution in [0.15, 0.2) is 18.7 Å². The number of aliphatic hydroxyl groups excluding tert-OH is 1. The zero-order valence-corrected chi connectivity index (χ0v) is 13.7. The van der Waals surface area contributed by atoms with Gasteiger partial charge in [0.15, 0.2) is 0 Å². The predicted molar refractivity (Wildman–Crippen MR) is 83.6 cm³/mol. The van der Waals surface area contributed by atoms with Crippen LogP contribution in [0.5, 0.6) is 0 Å². The Morgan fingerprint density at radius 2 is 1.90 bits per heavy atom. The van der Waals surface area contributed by atoms with Crippen molar-refractivity contribution in [1.82, 2.24) is 14.9 Å². The first-order valence-corrected chi connectivity index (χ1v) is 7.67. The molecule has 1 aromatic heterocycles. The highest BCUT2D eigenvalue weighted by Crippen LogP contribution is 2.27. The van der Waals surface area contributed by atoms with Gasteiger partial charge < -0.3 is 15.0 Å². The number of aliphatic hydroxyl groups is 1. The number of nitrogens with one attached hydrogen (secondary N) is 1. The highest BCUT2D eigenvalue weighted by Gasteiger charge is 2.30. The standard InChI is InChI=1S/C16H31N3O/c1-6-16(7-2,12-20)11-18-14(15(3,4)5)10-19-9-8-17-13-19/h8-9,13-14,18,20H,6-7,10-12H2,1-5H3. The van der Waals surface area contributed by atoms with Crippen LogP contribution < -0.4 is 5.32 Å². The lowest BCUT2D eigenvalue weighted by Crippen LogP contribution is -2.48. The van der Waals surface area contributed by atoms with E-state index in [4.69, 9.17) is 0 Å². The summed E-state index contributed by atoms with van der Waals surface area (Å²) in [5.74, 6) is 0. The molecule has 1 unspecified atom stereocenters. The van der Waals surface area contributed by atoms with Crippen LogP contribution in [-0.2, 0) is 6.54 Å². The fourth-order valence-corrected chi connectivity index (χ4v) is 2.37. The van der Waals surface area contributed by atoms with Gasteiger partial charge in [-0.15, -0.1) is 0 Å². The molecular formula is C16H31N3O. The van der Waals surface area contributed by atoms with Gasteiger partial charge in [-0.3, -0.25) is 0 Å². The third kappa shape index (κ3) is 4.60. The summed E-state index contributed by atoms with van der Waals surface area (Å²) in [4.78, 5) is 4.11. The Morgan fingerprint density at radius 3 is 2.30 bits per heavy atom. The second kappa shape index (κ2) is 7.23. The molecule has 1 atom stereocenters. The monoisotopic (exact) mass is 281 g/mol. The van der Waals surface area contributed by atoms with Crippen molar-refractivity contribution in [2.45, 2.75) is 60.0 Å². The van der Waals surface area contributed by atoms with Crippen LogP contribution in [0.25, 0.3) is 0 Å². The molecule has 0 aromatic carbocycles. The smallest absolute Gasteiger partial charge is 0.0946 e. The van der Waals surface area contributed by atoms with Gasteiger partial charge >= 0.3 is 0 Å². The maximum Gasteiger partial charge on any atom is 0.0946 e. The highest BCUT2D eigenvalue weighted by molar-refractivity contribution is 4.87. The Kier molecular flexibility index (Phi) is 6.21. The molecule has 0 saturated heterocycles. The van der Waals surface area contributed by atoms with Gasteiger partial charge in [-0.25, -0.2) is 4.98 Å². The van der Waals surface area contributed by atoms with Crippen molar-refractivity contribution in [2.24, 2.45) is 10.8 Å². The lowest BCUT2D eigenvalue weighted by atomic mass is 9.81. The van der Waals surface area contributed by atoms with E-state index in [1.807, 2.05) is 18.7 Å². The van der Waals surface area contributed by atoms with E-state index in [-0.39, 0.29) is 17.4 Å². The van der Waals surface area contributed by atoms with E-state index in [0.717, 1.165) is 25.9 Å². The van der Waals surface area contributed by atoms with Gasteiger partial charge in [0.05, 0.1) is 6.33 Å². The number of nitrogens with zero attached hydrogens (tertiary/aromatic N) is 2. The van der Waals surface area contributed by atoms with Gasteiger partial charge in [0.1, 0.15) is 0 Å². The average molecular weight is 281 g/mol. The molecule has 20 heavy (non-hydrogen) atoms. The Morgan fingerprint density at radius 1 is 1.25 bits per heavy atom. The van der Waals surface area contributed by atoms with Gasteiger partial charge in [-0.05, 0) is 18.3 Å². The van der Waals surface area contributed by atoms with Crippen molar-refractivity contribution < 1.29 is 5.11 Å². The zero-order chi connectivity index (χ0) is 15.2. The fraction of sp³-hybridized carbons (Fsp3) is 0.812. The third-order valence-corrected chi connectivity index (χ3v) is 4.56. The second-order valence-electron chi connectivity index (χ2n) is 6.92. The van der Waals surface area contributed by atoms with Gasteiger partial charge in [0.25, 0.3) is 0 Å². The van der Waals surface area contributed by atoms with Crippen LogP contribution in [0.3, 0.4) is 0 Å². The minimum absolute atomic E-state index is 0.00155. The van der Waals surface area contributed by atoms with Crippen molar-refractivity contribution >= 4 is 0 Å². The average Bonchev–Trinajstić information content (AvgIpc) is 2.91. The Hall–Kier alpha value is -0.870. The molecule has 4 nitrogen and oxygen atoms in total. The van der Waals surface area contributed by atoms with E-state index in [1.165, 1.54) is 0 Å². The maximum absolute atomic E-state index is 9.69. The minimum atomic E-state index is -0.00155. The molecule has 1 heterocycles. The molecule has 0 spiro atoms. The summed E-state index contributed by atoms with van der Waals surface area (Å²) in [5, 5.41) is 13.4. The number of rotatable bonds is 8. The summed E-state index contributed by atoms with van der Waals surface area (Å²) in [6, 6.07) is 0.348. The minimum Gasteiger partial charge on any atom is -0.396 e. The molecule has 116 valence electrons. The van der Waals surface area contributed by atoms with Gasteiger partial charge in [-0.2, -0.15) is 0 Å². The number of imidazole rings is 1. The van der Waals surface area contributed by atoms with Crippen molar-refractivity contribution in [3.63, 3.8) is 0 Å². The molecule has 1 rings (SSSR count). The van der Waals surface area contributed by atoms with E-state index in [2.05, 4.69) is 49.5 Å². The van der Waals surface area contributed by atoms with E-state index in [1.54, 1.807) is 0 Å². The summed E-state index contributed by atoms with van der Waals surface area (Å²) in [7, 11) is 0. The van der Waals surface area contributed by atoms with Gasteiger partial charge in [0.2, 0.25) is 0 Å². The second-order valence-corrected chi connectivity index (χ2v) is 6.92. The number of aromatic nitrogens is 2. The Bertz CT molecular complexity index is 355. The zero-order valence-electron chi connectivity index (χ0n) is 13.7. The topological polar surface area (TPSA) is 50.1 Å². The molecular weight excluding hydrogens is 250 g/mol. The van der Waals surface area contributed by atoms with Crippen molar-refractivity contribution in [1.29, 1.82) is 0 Å². The molecule has 0 aliphatic heterocycles. The predicted octanol–water partition coefficient (Wildman–Crippen LogP) is 2.69. The summed E-state index contributed by atoms with van der Waals surface area (Å²) in [5.41, 5.74) is 0.158. The lowest BCUT2D eigenvalue weighted by molar-refractivity contribution is 0.0989. The number of hydrogen-bond donors (Lipinski definition) is 2. The van der Waals surface area contributed by atoms with Crippen LogP contribution in [0.2, 0.25) is 0 Å². The normalized spacial score (nSPS) is 14.5. The first-order valence-electron chi connectivity index (χ1n) is 7.67. The van der Waals surface area contributed by atoms with Crippen LogP contribution in [0, 0.1) is 10.8 Å². The molecule has 0 aliphatic rings. The fourth-order valence-electron chi connectivity index (χ4n) is 2.37. The summed E-state index contributed by atoms with van der Waals surface area (Å²) in [6.07, 6.45) is 7.67. The molecule has 2 N–H and O–H groups in total. The maximum atomic E-state index is 9.69. The van der Waals surface area contributed by atoms with Gasteiger partial charge in [-0.1, -0.05) is 34.6 Å². The molecule has 1 aromatic rings. The van der Waals surface area contributed by atoms with Crippen molar-refractivity contribution in [2.75, 3.05) is 13.2 Å². The summed E-state index contributed by atoms with van der Waals surface area (Å²) >= 11 is 0. The lowest BCUT2D eigenvalue weighted by Gasteiger charge is -2.37.